The first-order chi connectivity index (χ1) is 7.84. The minimum atomic E-state index is 0.719. The van der Waals surface area contributed by atoms with Gasteiger partial charge in [-0.05, 0) is 31.4 Å². The van der Waals surface area contributed by atoms with Crippen LogP contribution in [0.15, 0.2) is 29.4 Å². The minimum Gasteiger partial charge on any atom is -0.396 e. The molecule has 0 saturated carbocycles. The Kier molecular flexibility index (Phi) is 6.31. The Morgan fingerprint density at radius 2 is 2.00 bits per heavy atom. The monoisotopic (exact) mass is 218 g/mol. The van der Waals surface area contributed by atoms with Gasteiger partial charge in [0.1, 0.15) is 6.61 Å². The summed E-state index contributed by atoms with van der Waals surface area (Å²) in [6.45, 7) is 4.88. The van der Waals surface area contributed by atoms with Crippen LogP contribution in [0.1, 0.15) is 45.1 Å². The fraction of sp³-hybridized carbons (Fsp3) is 0.500. The van der Waals surface area contributed by atoms with Gasteiger partial charge in [0.15, 0.2) is 0 Å². The van der Waals surface area contributed by atoms with E-state index in [-0.39, 0.29) is 0 Å². The van der Waals surface area contributed by atoms with Gasteiger partial charge in [0, 0.05) is 0 Å². The first-order valence-electron chi connectivity index (χ1n) is 5.97. The zero-order valence-corrected chi connectivity index (χ0v) is 10.2. The zero-order valence-electron chi connectivity index (χ0n) is 10.2. The molecule has 0 aliphatic heterocycles. The molecule has 1 aromatic carbocycles. The fourth-order valence-electron chi connectivity index (χ4n) is 1.42. The molecule has 2 nitrogen and oxygen atoms in total. The smallest absolute Gasteiger partial charge is 0.117 e. The second kappa shape index (κ2) is 7.91. The van der Waals surface area contributed by atoms with E-state index in [9.17, 15) is 0 Å². The normalized spacial score (nSPS) is 11.5. The molecule has 0 fully saturated rings. The van der Waals surface area contributed by atoms with Crippen molar-refractivity contribution in [2.75, 3.05) is 6.61 Å². The average molecular weight is 218 g/mol. The van der Waals surface area contributed by atoms with Gasteiger partial charge >= 0.3 is 0 Å². The summed E-state index contributed by atoms with van der Waals surface area (Å²) >= 11 is 0. The molecule has 1 radical (unpaired) electrons. The highest BCUT2D eigenvalue weighted by molar-refractivity contribution is 5.98. The van der Waals surface area contributed by atoms with Gasteiger partial charge in [-0.15, -0.1) is 0 Å². The predicted octanol–water partition coefficient (Wildman–Crippen LogP) is 3.81. The van der Waals surface area contributed by atoms with Crippen molar-refractivity contribution in [3.8, 4) is 0 Å². The number of unbranched alkanes of at least 4 members (excludes halogenated alkanes) is 3. The number of nitrogens with zero attached hydrogens (tertiary/aromatic N) is 1. The lowest BCUT2D eigenvalue weighted by Gasteiger charge is -2.02. The summed E-state index contributed by atoms with van der Waals surface area (Å²) in [5.74, 6) is 0. The summed E-state index contributed by atoms with van der Waals surface area (Å²) in [5, 5.41) is 4.09. The van der Waals surface area contributed by atoms with E-state index in [1.54, 1.807) is 0 Å². The Morgan fingerprint density at radius 1 is 1.25 bits per heavy atom. The van der Waals surface area contributed by atoms with Crippen LogP contribution in [0, 0.1) is 6.07 Å². The first kappa shape index (κ1) is 12.8. The first-order valence-corrected chi connectivity index (χ1v) is 5.97. The summed E-state index contributed by atoms with van der Waals surface area (Å²) in [7, 11) is 0. The molecule has 0 unspecified atom stereocenters. The standard InChI is InChI=1S/C14H20NO/c1-3-4-5-9-12-16-15-13(2)14-10-7-6-8-11-14/h7-8,10-11H,3-5,9,12H2,1-2H3. The van der Waals surface area contributed by atoms with Crippen LogP contribution >= 0.6 is 0 Å². The Morgan fingerprint density at radius 3 is 2.69 bits per heavy atom. The molecule has 0 spiro atoms. The van der Waals surface area contributed by atoms with Crippen molar-refractivity contribution in [3.63, 3.8) is 0 Å². The summed E-state index contributed by atoms with van der Waals surface area (Å²) in [4.78, 5) is 5.27. The van der Waals surface area contributed by atoms with Crippen LogP contribution in [0.25, 0.3) is 0 Å². The lowest BCUT2D eigenvalue weighted by Crippen LogP contribution is -1.97. The summed E-state index contributed by atoms with van der Waals surface area (Å²) in [6.07, 6.45) is 4.85. The van der Waals surface area contributed by atoms with Crippen molar-refractivity contribution < 1.29 is 4.84 Å². The molecule has 87 valence electrons. The molecule has 16 heavy (non-hydrogen) atoms. The van der Waals surface area contributed by atoms with Crippen LogP contribution in [0.5, 0.6) is 0 Å². The van der Waals surface area contributed by atoms with Crippen LogP contribution in [-0.4, -0.2) is 12.3 Å². The zero-order chi connectivity index (χ0) is 11.6. The minimum absolute atomic E-state index is 0.719. The quantitative estimate of drug-likeness (QED) is 0.387. The molecule has 0 amide bonds. The average Bonchev–Trinajstić information content (AvgIpc) is 2.34. The van der Waals surface area contributed by atoms with Crippen LogP contribution in [0.4, 0.5) is 0 Å². The second-order valence-electron chi connectivity index (χ2n) is 3.86. The van der Waals surface area contributed by atoms with Crippen LogP contribution in [-0.2, 0) is 4.84 Å². The van der Waals surface area contributed by atoms with E-state index in [0.29, 0.717) is 0 Å². The van der Waals surface area contributed by atoms with E-state index in [1.807, 2.05) is 31.2 Å². The molecular weight excluding hydrogens is 198 g/mol. The van der Waals surface area contributed by atoms with Gasteiger partial charge in [-0.1, -0.05) is 49.2 Å². The highest BCUT2D eigenvalue weighted by atomic mass is 16.6. The van der Waals surface area contributed by atoms with Crippen molar-refractivity contribution in [1.82, 2.24) is 0 Å². The maximum atomic E-state index is 5.27. The maximum absolute atomic E-state index is 5.27. The molecule has 1 aromatic rings. The maximum Gasteiger partial charge on any atom is 0.117 e. The molecule has 0 heterocycles. The number of benzene rings is 1. The van der Waals surface area contributed by atoms with Crippen molar-refractivity contribution >= 4 is 5.71 Å². The number of hydrogen-bond donors (Lipinski definition) is 0. The van der Waals surface area contributed by atoms with E-state index in [1.165, 1.54) is 19.3 Å². The predicted molar refractivity (Wildman–Crippen MR) is 67.6 cm³/mol. The Labute approximate surface area is 98.3 Å². The Balaban J connectivity index is 2.24. The molecule has 2 heteroatoms. The summed E-state index contributed by atoms with van der Waals surface area (Å²) in [6, 6.07) is 10.7. The molecule has 0 atom stereocenters. The SMILES string of the molecule is CCCCCCON=C(C)c1cc[c]cc1. The molecule has 1 rings (SSSR count). The van der Waals surface area contributed by atoms with Crippen molar-refractivity contribution in [2.24, 2.45) is 5.16 Å². The number of rotatable bonds is 7. The molecule has 0 saturated heterocycles. The molecular formula is C14H20NO. The van der Waals surface area contributed by atoms with Gasteiger partial charge < -0.3 is 4.84 Å². The highest BCUT2D eigenvalue weighted by Gasteiger charge is 1.95. The van der Waals surface area contributed by atoms with Gasteiger partial charge in [-0.25, -0.2) is 0 Å². The lowest BCUT2D eigenvalue weighted by atomic mass is 10.1. The van der Waals surface area contributed by atoms with Crippen LogP contribution in [0.3, 0.4) is 0 Å². The van der Waals surface area contributed by atoms with E-state index in [2.05, 4.69) is 18.1 Å². The largest absolute Gasteiger partial charge is 0.396 e. The third-order valence-corrected chi connectivity index (χ3v) is 2.43. The number of hydrogen-bond acceptors (Lipinski definition) is 2. The van der Waals surface area contributed by atoms with Gasteiger partial charge in [0.05, 0.1) is 5.71 Å². The Bertz CT molecular complexity index is 306. The highest BCUT2D eigenvalue weighted by Crippen LogP contribution is 2.02. The van der Waals surface area contributed by atoms with Gasteiger partial charge in [-0.2, -0.15) is 0 Å². The topological polar surface area (TPSA) is 21.6 Å². The number of oxime groups is 1. The van der Waals surface area contributed by atoms with E-state index >= 15 is 0 Å². The fourth-order valence-corrected chi connectivity index (χ4v) is 1.42. The van der Waals surface area contributed by atoms with Crippen molar-refractivity contribution in [3.05, 3.63) is 35.9 Å². The molecule has 0 bridgehead atoms. The molecule has 0 aliphatic carbocycles. The summed E-state index contributed by atoms with van der Waals surface area (Å²) < 4.78 is 0. The second-order valence-corrected chi connectivity index (χ2v) is 3.86. The molecule has 0 aromatic heterocycles. The third-order valence-electron chi connectivity index (χ3n) is 2.43. The van der Waals surface area contributed by atoms with Gasteiger partial charge in [-0.3, -0.25) is 0 Å². The third kappa shape index (κ3) is 4.96. The van der Waals surface area contributed by atoms with Crippen molar-refractivity contribution in [2.45, 2.75) is 39.5 Å². The summed E-state index contributed by atoms with van der Waals surface area (Å²) in [5.41, 5.74) is 2.01. The van der Waals surface area contributed by atoms with E-state index < -0.39 is 0 Å². The van der Waals surface area contributed by atoms with Crippen molar-refractivity contribution in [1.29, 1.82) is 0 Å². The van der Waals surface area contributed by atoms with Crippen LogP contribution < -0.4 is 0 Å². The molecule has 0 aliphatic rings. The van der Waals surface area contributed by atoms with Gasteiger partial charge in [0.25, 0.3) is 0 Å². The van der Waals surface area contributed by atoms with E-state index in [4.69, 9.17) is 4.84 Å². The van der Waals surface area contributed by atoms with Gasteiger partial charge in [0.2, 0.25) is 0 Å². The van der Waals surface area contributed by atoms with Crippen LogP contribution in [0.2, 0.25) is 0 Å². The lowest BCUT2D eigenvalue weighted by molar-refractivity contribution is 0.139. The molecule has 0 N–H and O–H groups in total. The van der Waals surface area contributed by atoms with E-state index in [0.717, 1.165) is 24.3 Å². The Hall–Kier alpha value is -1.31.